The molecule has 1 aliphatic rings. The second-order valence-electron chi connectivity index (χ2n) is 10.6. The Morgan fingerprint density at radius 1 is 0.905 bits per heavy atom. The molecular weight excluding hydrogens is 554 g/mol. The van der Waals surface area contributed by atoms with Gasteiger partial charge in [0, 0.05) is 37.7 Å². The zero-order valence-corrected chi connectivity index (χ0v) is 24.6. The van der Waals surface area contributed by atoms with Crippen molar-refractivity contribution >= 4 is 23.5 Å². The highest BCUT2D eigenvalue weighted by atomic mass is 35.5. The van der Waals surface area contributed by atoms with Gasteiger partial charge in [-0.25, -0.2) is 9.86 Å². The van der Waals surface area contributed by atoms with Crippen molar-refractivity contribution in [1.29, 1.82) is 0 Å². The maximum Gasteiger partial charge on any atom is 0.338 e. The van der Waals surface area contributed by atoms with Gasteiger partial charge >= 0.3 is 6.03 Å². The van der Waals surface area contributed by atoms with Crippen LogP contribution in [-0.4, -0.2) is 77.9 Å². The molecule has 1 fully saturated rings. The first kappa shape index (κ1) is 31.3. The number of benzene rings is 3. The van der Waals surface area contributed by atoms with Gasteiger partial charge in [-0.1, -0.05) is 60.1 Å². The normalized spacial score (nSPS) is 14.8. The molecule has 4 rings (SSSR count). The summed E-state index contributed by atoms with van der Waals surface area (Å²) >= 11 is 6.16. The van der Waals surface area contributed by atoms with Gasteiger partial charge in [-0.15, -0.1) is 0 Å². The van der Waals surface area contributed by atoms with E-state index >= 15 is 0 Å². The van der Waals surface area contributed by atoms with Crippen LogP contribution in [0.1, 0.15) is 52.4 Å². The molecule has 42 heavy (non-hydrogen) atoms. The van der Waals surface area contributed by atoms with Crippen molar-refractivity contribution in [2.45, 2.75) is 31.7 Å². The molecule has 3 amide bonds. The largest absolute Gasteiger partial charge is 0.493 e. The molecule has 0 radical (unpaired) electrons. The lowest BCUT2D eigenvalue weighted by molar-refractivity contribution is -0.0402. The molecular formula is C32H40ClN5O4. The minimum Gasteiger partial charge on any atom is -0.493 e. The van der Waals surface area contributed by atoms with Crippen LogP contribution in [0.5, 0.6) is 5.75 Å². The number of rotatable bonds is 14. The van der Waals surface area contributed by atoms with Gasteiger partial charge in [0.1, 0.15) is 5.75 Å². The average molecular weight is 594 g/mol. The number of aryl methyl sites for hydroxylation is 1. The standard InChI is InChI=1S/C32H40ClN5O4/c33-27-13-11-26(12-14-27)30(25-8-2-1-3-9-25)37-20-18-36(19-21-37)16-6-22-42-29-15-10-24(23-28(29)31(34)39)7-4-5-17-38(41)32(35)40/h1-3,8-15,23,30,41H,4-7,16-22H2,(H2,34,39)(H2,35,40)/t30-/m1/s1. The second-order valence-corrected chi connectivity index (χ2v) is 11.0. The fraction of sp³-hybridized carbons (Fsp3) is 0.375. The van der Waals surface area contributed by atoms with Crippen molar-refractivity contribution in [1.82, 2.24) is 14.9 Å². The lowest BCUT2D eigenvalue weighted by Gasteiger charge is -2.39. The number of nitrogens with two attached hydrogens (primary N) is 2. The maximum absolute atomic E-state index is 12.1. The smallest absolute Gasteiger partial charge is 0.338 e. The number of unbranched alkanes of at least 4 members (excludes halogenated alkanes) is 1. The Hall–Kier alpha value is -3.63. The summed E-state index contributed by atoms with van der Waals surface area (Å²) in [5, 5.41) is 10.6. The van der Waals surface area contributed by atoms with Crippen LogP contribution in [0.4, 0.5) is 4.79 Å². The maximum atomic E-state index is 12.1. The monoisotopic (exact) mass is 593 g/mol. The molecule has 1 heterocycles. The third kappa shape index (κ3) is 8.93. The van der Waals surface area contributed by atoms with Gasteiger partial charge in [0.15, 0.2) is 0 Å². The molecule has 0 unspecified atom stereocenters. The number of primary amides is 2. The molecule has 0 spiro atoms. The highest BCUT2D eigenvalue weighted by Gasteiger charge is 2.26. The Bertz CT molecular complexity index is 1300. The number of nitrogens with zero attached hydrogens (tertiary/aromatic N) is 3. The van der Waals surface area contributed by atoms with Crippen molar-refractivity contribution in [3.8, 4) is 5.75 Å². The molecule has 5 N–H and O–H groups in total. The fourth-order valence-corrected chi connectivity index (χ4v) is 5.49. The van der Waals surface area contributed by atoms with E-state index in [1.807, 2.05) is 24.3 Å². The molecule has 0 aromatic heterocycles. The van der Waals surface area contributed by atoms with E-state index in [9.17, 15) is 14.8 Å². The van der Waals surface area contributed by atoms with E-state index in [1.54, 1.807) is 12.1 Å². The number of hydroxylamine groups is 2. The summed E-state index contributed by atoms with van der Waals surface area (Å²) in [5.41, 5.74) is 14.5. The van der Waals surface area contributed by atoms with Crippen molar-refractivity contribution in [2.24, 2.45) is 11.5 Å². The van der Waals surface area contributed by atoms with Gasteiger partial charge < -0.3 is 21.1 Å². The first-order valence-corrected chi connectivity index (χ1v) is 14.8. The molecule has 1 saturated heterocycles. The first-order valence-electron chi connectivity index (χ1n) is 14.4. The van der Waals surface area contributed by atoms with Crippen LogP contribution in [0.25, 0.3) is 0 Å². The van der Waals surface area contributed by atoms with Gasteiger partial charge in [0.2, 0.25) is 0 Å². The average Bonchev–Trinajstić information content (AvgIpc) is 3.00. The lowest BCUT2D eigenvalue weighted by Crippen LogP contribution is -2.48. The van der Waals surface area contributed by atoms with Crippen LogP contribution in [0.15, 0.2) is 72.8 Å². The molecule has 3 aromatic carbocycles. The van der Waals surface area contributed by atoms with Crippen LogP contribution >= 0.6 is 11.6 Å². The Morgan fingerprint density at radius 2 is 1.60 bits per heavy atom. The van der Waals surface area contributed by atoms with E-state index in [1.165, 1.54) is 11.1 Å². The van der Waals surface area contributed by atoms with Crippen molar-refractivity contribution in [3.05, 3.63) is 100 Å². The van der Waals surface area contributed by atoms with Crippen molar-refractivity contribution in [3.63, 3.8) is 0 Å². The first-order chi connectivity index (χ1) is 20.3. The fourth-order valence-electron chi connectivity index (χ4n) is 5.36. The quantitative estimate of drug-likeness (QED) is 0.141. The zero-order chi connectivity index (χ0) is 29.9. The lowest BCUT2D eigenvalue weighted by atomic mass is 9.96. The summed E-state index contributed by atoms with van der Waals surface area (Å²) < 4.78 is 5.97. The number of carbonyl (C=O) groups excluding carboxylic acids is 2. The molecule has 3 aromatic rings. The van der Waals surface area contributed by atoms with Crippen LogP contribution < -0.4 is 16.2 Å². The highest BCUT2D eigenvalue weighted by molar-refractivity contribution is 6.30. The van der Waals surface area contributed by atoms with Gasteiger partial charge in [-0.2, -0.15) is 0 Å². The number of ether oxygens (including phenoxy) is 1. The molecule has 9 nitrogen and oxygen atoms in total. The van der Waals surface area contributed by atoms with E-state index in [2.05, 4.69) is 46.2 Å². The number of piperazine rings is 1. The van der Waals surface area contributed by atoms with E-state index in [0.717, 1.165) is 49.7 Å². The van der Waals surface area contributed by atoms with Gasteiger partial charge in [-0.3, -0.25) is 14.9 Å². The summed E-state index contributed by atoms with van der Waals surface area (Å²) in [7, 11) is 0. The molecule has 1 atom stereocenters. The molecule has 10 heteroatoms. The summed E-state index contributed by atoms with van der Waals surface area (Å²) in [6, 6.07) is 23.5. The van der Waals surface area contributed by atoms with E-state index in [-0.39, 0.29) is 12.6 Å². The van der Waals surface area contributed by atoms with Crippen LogP contribution in [0.3, 0.4) is 0 Å². The number of amides is 3. The summed E-state index contributed by atoms with van der Waals surface area (Å²) in [5.74, 6) is -0.0492. The summed E-state index contributed by atoms with van der Waals surface area (Å²) in [6.45, 7) is 5.38. The zero-order valence-electron chi connectivity index (χ0n) is 23.8. The Kier molecular flexibility index (Phi) is 11.6. The third-order valence-electron chi connectivity index (χ3n) is 7.60. The topological polar surface area (TPSA) is 125 Å². The minimum absolute atomic E-state index is 0.157. The number of hydrogen-bond acceptors (Lipinski definition) is 6. The van der Waals surface area contributed by atoms with Crippen LogP contribution in [0.2, 0.25) is 5.02 Å². The Balaban J connectivity index is 1.24. The van der Waals surface area contributed by atoms with E-state index in [4.69, 9.17) is 27.8 Å². The highest BCUT2D eigenvalue weighted by Crippen LogP contribution is 2.30. The SMILES string of the molecule is NC(=O)c1cc(CCCCN(O)C(N)=O)ccc1OCCCN1CCN([C@H](c2ccccc2)c2ccc(Cl)cc2)CC1. The minimum atomic E-state index is -0.874. The van der Waals surface area contributed by atoms with Gasteiger partial charge in [0.25, 0.3) is 5.91 Å². The predicted octanol–water partition coefficient (Wildman–Crippen LogP) is 4.71. The predicted molar refractivity (Wildman–Crippen MR) is 164 cm³/mol. The van der Waals surface area contributed by atoms with Crippen molar-refractivity contribution in [2.75, 3.05) is 45.9 Å². The Morgan fingerprint density at radius 3 is 2.26 bits per heavy atom. The summed E-state index contributed by atoms with van der Waals surface area (Å²) in [6.07, 6.45) is 2.78. The molecule has 224 valence electrons. The van der Waals surface area contributed by atoms with Crippen molar-refractivity contribution < 1.29 is 19.5 Å². The number of hydrogen-bond donors (Lipinski definition) is 3. The van der Waals surface area contributed by atoms with Gasteiger partial charge in [-0.05, 0) is 66.6 Å². The molecule has 1 aliphatic heterocycles. The van der Waals surface area contributed by atoms with Crippen LogP contribution in [0, 0.1) is 0 Å². The van der Waals surface area contributed by atoms with E-state index in [0.29, 0.717) is 42.2 Å². The summed E-state index contributed by atoms with van der Waals surface area (Å²) in [4.78, 5) is 28.0. The van der Waals surface area contributed by atoms with Gasteiger partial charge in [0.05, 0.1) is 24.8 Å². The molecule has 0 saturated carbocycles. The molecule has 0 aliphatic carbocycles. The van der Waals surface area contributed by atoms with Crippen LogP contribution in [-0.2, 0) is 6.42 Å². The number of halogens is 1. The second kappa shape index (κ2) is 15.6. The number of urea groups is 1. The number of carbonyl (C=O) groups is 2. The van der Waals surface area contributed by atoms with E-state index < -0.39 is 11.9 Å². The third-order valence-corrected chi connectivity index (χ3v) is 7.85. The molecule has 0 bridgehead atoms. The Labute approximate surface area is 252 Å².